The third-order valence-corrected chi connectivity index (χ3v) is 9.07. The van der Waals surface area contributed by atoms with E-state index in [9.17, 15) is 9.59 Å². The molecular weight excluding hydrogens is 624 g/mol. The van der Waals surface area contributed by atoms with Crippen LogP contribution in [0.15, 0.2) is 102 Å². The van der Waals surface area contributed by atoms with Gasteiger partial charge >= 0.3 is 0 Å². The van der Waals surface area contributed by atoms with Crippen LogP contribution in [0.25, 0.3) is 0 Å². The zero-order valence-corrected chi connectivity index (χ0v) is 28.6. The van der Waals surface area contributed by atoms with Gasteiger partial charge in [0.15, 0.2) is 17.3 Å². The van der Waals surface area contributed by atoms with Crippen LogP contribution >= 0.6 is 11.6 Å². The van der Waals surface area contributed by atoms with Gasteiger partial charge < -0.3 is 19.5 Å². The van der Waals surface area contributed by atoms with Crippen molar-refractivity contribution in [1.29, 1.82) is 0 Å². The van der Waals surface area contributed by atoms with Gasteiger partial charge in [0, 0.05) is 29.1 Å². The Hall–Kier alpha value is -4.75. The summed E-state index contributed by atoms with van der Waals surface area (Å²) in [6.45, 7) is 6.74. The molecule has 2 aliphatic rings. The Morgan fingerprint density at radius 3 is 2.35 bits per heavy atom. The number of nitrogens with one attached hydrogen (secondary N) is 1. The van der Waals surface area contributed by atoms with Crippen molar-refractivity contribution in [1.82, 2.24) is 0 Å². The molecule has 48 heavy (non-hydrogen) atoms. The van der Waals surface area contributed by atoms with Crippen molar-refractivity contribution in [2.45, 2.75) is 58.6 Å². The first-order valence-electron chi connectivity index (χ1n) is 16.5. The largest absolute Gasteiger partial charge is 0.497 e. The van der Waals surface area contributed by atoms with Gasteiger partial charge in [-0.15, -0.1) is 0 Å². The standard InChI is InChI=1S/C40H41ClN2O5/c1-5-47-37-23-28(14-19-36(37)48-24-26-10-15-30(41)16-11-26)40-39-33(21-29(22-35(39)44)27-12-17-31(46-4)18-13-27)42-32-8-6-7-9-34(32)43(40)38(45)20-25(2)3/h6-19,23,25,29,40,42H,5,20-22,24H2,1-4H3. The average Bonchev–Trinajstić information content (AvgIpc) is 3.23. The molecule has 248 valence electrons. The quantitative estimate of drug-likeness (QED) is 0.182. The lowest BCUT2D eigenvalue weighted by atomic mass is 9.78. The molecule has 1 amide bonds. The molecule has 0 saturated carbocycles. The van der Waals surface area contributed by atoms with Crippen molar-refractivity contribution in [2.75, 3.05) is 23.9 Å². The molecule has 0 bridgehead atoms. The van der Waals surface area contributed by atoms with Crippen LogP contribution in [0.4, 0.5) is 11.4 Å². The van der Waals surface area contributed by atoms with E-state index in [4.69, 9.17) is 25.8 Å². The molecule has 1 aliphatic heterocycles. The summed E-state index contributed by atoms with van der Waals surface area (Å²) in [4.78, 5) is 30.5. The van der Waals surface area contributed by atoms with Gasteiger partial charge in [-0.05, 0) is 90.4 Å². The van der Waals surface area contributed by atoms with Crippen LogP contribution in [0.2, 0.25) is 5.02 Å². The molecule has 2 unspecified atom stereocenters. The number of carbonyl (C=O) groups excluding carboxylic acids is 2. The zero-order valence-electron chi connectivity index (χ0n) is 27.8. The Labute approximate surface area is 287 Å². The van der Waals surface area contributed by atoms with Gasteiger partial charge in [-0.2, -0.15) is 0 Å². The summed E-state index contributed by atoms with van der Waals surface area (Å²) in [6, 6.07) is 28.3. The summed E-state index contributed by atoms with van der Waals surface area (Å²) >= 11 is 6.08. The van der Waals surface area contributed by atoms with E-state index in [1.54, 1.807) is 7.11 Å². The first kappa shape index (κ1) is 33.2. The average molecular weight is 665 g/mol. The summed E-state index contributed by atoms with van der Waals surface area (Å²) < 4.78 is 17.7. The number of hydrogen-bond acceptors (Lipinski definition) is 6. The Kier molecular flexibility index (Phi) is 10.1. The highest BCUT2D eigenvalue weighted by atomic mass is 35.5. The monoisotopic (exact) mass is 664 g/mol. The minimum atomic E-state index is -0.670. The Morgan fingerprint density at radius 1 is 0.917 bits per heavy atom. The first-order chi connectivity index (χ1) is 23.2. The molecule has 0 spiro atoms. The molecule has 0 radical (unpaired) electrons. The predicted molar refractivity (Wildman–Crippen MR) is 190 cm³/mol. The molecule has 1 heterocycles. The van der Waals surface area contributed by atoms with Crippen molar-refractivity contribution >= 4 is 34.7 Å². The van der Waals surface area contributed by atoms with Gasteiger partial charge in [0.2, 0.25) is 5.91 Å². The zero-order chi connectivity index (χ0) is 33.8. The first-order valence-corrected chi connectivity index (χ1v) is 16.9. The van der Waals surface area contributed by atoms with Crippen LogP contribution in [-0.2, 0) is 16.2 Å². The summed E-state index contributed by atoms with van der Waals surface area (Å²) in [7, 11) is 1.64. The van der Waals surface area contributed by atoms with E-state index in [-0.39, 0.29) is 23.5 Å². The number of rotatable bonds is 10. The number of halogens is 1. The molecule has 0 aromatic heterocycles. The number of allylic oxidation sites excluding steroid dienone is 1. The second-order valence-electron chi connectivity index (χ2n) is 12.7. The minimum Gasteiger partial charge on any atom is -0.497 e. The molecule has 8 heteroatoms. The van der Waals surface area contributed by atoms with E-state index < -0.39 is 6.04 Å². The number of benzene rings is 4. The highest BCUT2D eigenvalue weighted by molar-refractivity contribution is 6.30. The number of hydrogen-bond donors (Lipinski definition) is 1. The third kappa shape index (κ3) is 7.07. The van der Waals surface area contributed by atoms with Crippen LogP contribution in [-0.4, -0.2) is 25.4 Å². The second-order valence-corrected chi connectivity index (χ2v) is 13.1. The van der Waals surface area contributed by atoms with E-state index in [0.29, 0.717) is 54.6 Å². The highest BCUT2D eigenvalue weighted by Crippen LogP contribution is 2.49. The van der Waals surface area contributed by atoms with Crippen molar-refractivity contribution in [3.05, 3.63) is 124 Å². The molecular formula is C40H41ClN2O5. The summed E-state index contributed by atoms with van der Waals surface area (Å²) in [5.41, 5.74) is 5.77. The molecule has 4 aromatic rings. The maximum Gasteiger partial charge on any atom is 0.228 e. The summed E-state index contributed by atoms with van der Waals surface area (Å²) in [6.07, 6.45) is 1.27. The number of Topliss-reactive ketones (excluding diaryl/α,β-unsaturated/α-hetero) is 1. The Bertz CT molecular complexity index is 1820. The lowest BCUT2D eigenvalue weighted by Crippen LogP contribution is -2.39. The molecule has 6 rings (SSSR count). The minimum absolute atomic E-state index is 0.00532. The number of amides is 1. The number of fused-ring (bicyclic) bond motifs is 1. The molecule has 0 saturated heterocycles. The number of methoxy groups -OCH3 is 1. The number of carbonyl (C=O) groups is 2. The number of ketones is 1. The number of anilines is 2. The van der Waals surface area contributed by atoms with Crippen LogP contribution in [0.5, 0.6) is 17.2 Å². The maximum atomic E-state index is 14.4. The van der Waals surface area contributed by atoms with E-state index in [2.05, 4.69) is 5.32 Å². The highest BCUT2D eigenvalue weighted by Gasteiger charge is 2.42. The van der Waals surface area contributed by atoms with Gasteiger partial charge in [0.05, 0.1) is 31.1 Å². The van der Waals surface area contributed by atoms with E-state index >= 15 is 0 Å². The molecule has 1 N–H and O–H groups in total. The molecule has 0 fully saturated rings. The van der Waals surface area contributed by atoms with Crippen LogP contribution in [0, 0.1) is 5.92 Å². The Balaban J connectivity index is 1.46. The molecule has 7 nitrogen and oxygen atoms in total. The van der Waals surface area contributed by atoms with Crippen molar-refractivity contribution in [2.24, 2.45) is 5.92 Å². The fraction of sp³-hybridized carbons (Fsp3) is 0.300. The van der Waals surface area contributed by atoms with Crippen LogP contribution in [0.3, 0.4) is 0 Å². The van der Waals surface area contributed by atoms with Crippen LogP contribution in [0.1, 0.15) is 68.7 Å². The van der Waals surface area contributed by atoms with Gasteiger partial charge in [-0.1, -0.05) is 67.9 Å². The second kappa shape index (κ2) is 14.6. The topological polar surface area (TPSA) is 77.1 Å². The lowest BCUT2D eigenvalue weighted by Gasteiger charge is -2.35. The van der Waals surface area contributed by atoms with E-state index in [1.807, 2.05) is 117 Å². The molecule has 4 aromatic carbocycles. The summed E-state index contributed by atoms with van der Waals surface area (Å²) in [5, 5.41) is 4.28. The van der Waals surface area contributed by atoms with Gasteiger partial charge in [-0.3, -0.25) is 14.5 Å². The fourth-order valence-corrected chi connectivity index (χ4v) is 6.69. The number of ether oxygens (including phenoxy) is 3. The van der Waals surface area contributed by atoms with E-state index in [0.717, 1.165) is 39.5 Å². The normalized spacial score (nSPS) is 17.3. The van der Waals surface area contributed by atoms with Gasteiger partial charge in [-0.25, -0.2) is 0 Å². The fourth-order valence-electron chi connectivity index (χ4n) is 6.56. The van der Waals surface area contributed by atoms with Gasteiger partial charge in [0.1, 0.15) is 12.4 Å². The predicted octanol–water partition coefficient (Wildman–Crippen LogP) is 9.27. The lowest BCUT2D eigenvalue weighted by molar-refractivity contribution is -0.119. The molecule has 2 atom stereocenters. The van der Waals surface area contributed by atoms with Crippen molar-refractivity contribution in [3.63, 3.8) is 0 Å². The van der Waals surface area contributed by atoms with Crippen molar-refractivity contribution < 1.29 is 23.8 Å². The van der Waals surface area contributed by atoms with Crippen LogP contribution < -0.4 is 24.4 Å². The van der Waals surface area contributed by atoms with Gasteiger partial charge in [0.25, 0.3) is 0 Å². The summed E-state index contributed by atoms with van der Waals surface area (Å²) in [5.74, 6) is 1.95. The smallest absolute Gasteiger partial charge is 0.228 e. The SMILES string of the molecule is CCOc1cc(C2C3=C(CC(c4ccc(OC)cc4)CC3=O)Nc3ccccc3N2C(=O)CC(C)C)ccc1OCc1ccc(Cl)cc1. The maximum absolute atomic E-state index is 14.4. The van der Waals surface area contributed by atoms with E-state index in [1.165, 1.54) is 0 Å². The third-order valence-electron chi connectivity index (χ3n) is 8.82. The van der Waals surface area contributed by atoms with Crippen molar-refractivity contribution in [3.8, 4) is 17.2 Å². The molecule has 1 aliphatic carbocycles. The number of nitrogens with zero attached hydrogens (tertiary/aromatic N) is 1. The number of para-hydroxylation sites is 2. The Morgan fingerprint density at radius 2 is 1.65 bits per heavy atom.